The second kappa shape index (κ2) is 8.50. The summed E-state index contributed by atoms with van der Waals surface area (Å²) in [7, 11) is -3.94. The zero-order valence-corrected chi connectivity index (χ0v) is 16.8. The molecular weight excluding hydrogens is 387 g/mol. The van der Waals surface area contributed by atoms with Crippen LogP contribution < -0.4 is 5.32 Å². The van der Waals surface area contributed by atoms with E-state index in [0.29, 0.717) is 19.5 Å². The molecule has 1 aromatic carbocycles. The van der Waals surface area contributed by atoms with E-state index in [2.05, 4.69) is 5.32 Å². The lowest BCUT2D eigenvalue weighted by Gasteiger charge is -2.26. The molecular formula is C19H23FN2O3S2. The number of nitrogens with one attached hydrogen (secondary N) is 1. The van der Waals surface area contributed by atoms with Gasteiger partial charge in [0.1, 0.15) is 10.7 Å². The van der Waals surface area contributed by atoms with Crippen molar-refractivity contribution in [2.24, 2.45) is 0 Å². The second-order valence-corrected chi connectivity index (χ2v) is 9.71. The maximum absolute atomic E-state index is 14.3. The van der Waals surface area contributed by atoms with Crippen molar-refractivity contribution in [2.75, 3.05) is 13.1 Å². The van der Waals surface area contributed by atoms with Gasteiger partial charge in [0.25, 0.3) is 5.91 Å². The molecule has 2 heterocycles. The van der Waals surface area contributed by atoms with Gasteiger partial charge in [0.05, 0.1) is 0 Å². The van der Waals surface area contributed by atoms with Gasteiger partial charge in [-0.05, 0) is 49.4 Å². The largest absolute Gasteiger partial charge is 0.349 e. The monoisotopic (exact) mass is 410 g/mol. The van der Waals surface area contributed by atoms with Crippen molar-refractivity contribution in [3.05, 3.63) is 52.0 Å². The summed E-state index contributed by atoms with van der Waals surface area (Å²) in [4.78, 5) is 13.2. The van der Waals surface area contributed by atoms with Crippen LogP contribution >= 0.6 is 11.3 Å². The summed E-state index contributed by atoms with van der Waals surface area (Å²) in [6.07, 6.45) is 3.19. The summed E-state index contributed by atoms with van der Waals surface area (Å²) in [6.45, 7) is 2.65. The summed E-state index contributed by atoms with van der Waals surface area (Å²) < 4.78 is 41.1. The SMILES string of the molecule is CC(Cc1cccs1)NC(=O)c1ccc(F)c(S(=O)(=O)N2CCCCC2)c1. The summed E-state index contributed by atoms with van der Waals surface area (Å²) in [5, 5.41) is 4.82. The van der Waals surface area contributed by atoms with Crippen LogP contribution in [0.4, 0.5) is 4.39 Å². The first-order valence-electron chi connectivity index (χ1n) is 9.01. The van der Waals surface area contributed by atoms with Crippen LogP contribution in [-0.4, -0.2) is 37.8 Å². The van der Waals surface area contributed by atoms with Crippen LogP contribution in [0, 0.1) is 5.82 Å². The van der Waals surface area contributed by atoms with Crippen molar-refractivity contribution in [3.8, 4) is 0 Å². The van der Waals surface area contributed by atoms with Crippen LogP contribution in [0.2, 0.25) is 0 Å². The predicted octanol–water partition coefficient (Wildman–Crippen LogP) is 3.42. The van der Waals surface area contributed by atoms with E-state index in [1.165, 1.54) is 10.4 Å². The third-order valence-electron chi connectivity index (χ3n) is 4.59. The number of halogens is 1. The Labute approximate surface area is 163 Å². The Bertz CT molecular complexity index is 892. The van der Waals surface area contributed by atoms with E-state index in [-0.39, 0.29) is 11.6 Å². The van der Waals surface area contributed by atoms with Gasteiger partial charge in [-0.1, -0.05) is 12.5 Å². The fraction of sp³-hybridized carbons (Fsp3) is 0.421. The Hall–Kier alpha value is -1.77. The molecule has 0 spiro atoms. The molecule has 1 saturated heterocycles. The first-order chi connectivity index (χ1) is 12.9. The van der Waals surface area contributed by atoms with Gasteiger partial charge >= 0.3 is 0 Å². The number of nitrogens with zero attached hydrogens (tertiary/aromatic N) is 1. The molecule has 5 nitrogen and oxygen atoms in total. The van der Waals surface area contributed by atoms with Gasteiger partial charge < -0.3 is 5.32 Å². The van der Waals surface area contributed by atoms with Crippen molar-refractivity contribution < 1.29 is 17.6 Å². The number of hydrogen-bond donors (Lipinski definition) is 1. The second-order valence-electron chi connectivity index (χ2n) is 6.77. The molecule has 1 N–H and O–H groups in total. The zero-order chi connectivity index (χ0) is 19.4. The quantitative estimate of drug-likeness (QED) is 0.794. The summed E-state index contributed by atoms with van der Waals surface area (Å²) in [5.74, 6) is -1.24. The summed E-state index contributed by atoms with van der Waals surface area (Å²) in [6, 6.07) is 7.34. The van der Waals surface area contributed by atoms with Crippen molar-refractivity contribution in [1.29, 1.82) is 0 Å². The molecule has 146 valence electrons. The highest BCUT2D eigenvalue weighted by Gasteiger charge is 2.29. The Morgan fingerprint density at radius 2 is 2.00 bits per heavy atom. The fourth-order valence-corrected chi connectivity index (χ4v) is 5.62. The lowest BCUT2D eigenvalue weighted by Crippen LogP contribution is -2.36. The molecule has 1 aliphatic heterocycles. The number of thiophene rings is 1. The van der Waals surface area contributed by atoms with E-state index >= 15 is 0 Å². The summed E-state index contributed by atoms with van der Waals surface area (Å²) >= 11 is 1.61. The molecule has 1 unspecified atom stereocenters. The number of amides is 1. The molecule has 1 aromatic heterocycles. The van der Waals surface area contributed by atoms with Crippen molar-refractivity contribution >= 4 is 27.3 Å². The number of rotatable bonds is 6. The van der Waals surface area contributed by atoms with Crippen LogP contribution in [0.3, 0.4) is 0 Å². The molecule has 0 saturated carbocycles. The first-order valence-corrected chi connectivity index (χ1v) is 11.3. The minimum Gasteiger partial charge on any atom is -0.349 e. The van der Waals surface area contributed by atoms with Crippen LogP contribution in [0.15, 0.2) is 40.6 Å². The van der Waals surface area contributed by atoms with Crippen molar-refractivity contribution in [1.82, 2.24) is 9.62 Å². The van der Waals surface area contributed by atoms with Crippen molar-refractivity contribution in [2.45, 2.75) is 43.5 Å². The molecule has 27 heavy (non-hydrogen) atoms. The maximum Gasteiger partial charge on any atom is 0.251 e. The highest BCUT2D eigenvalue weighted by atomic mass is 32.2. The Morgan fingerprint density at radius 3 is 2.67 bits per heavy atom. The van der Waals surface area contributed by atoms with E-state index in [1.54, 1.807) is 11.3 Å². The highest BCUT2D eigenvalue weighted by Crippen LogP contribution is 2.24. The molecule has 1 atom stereocenters. The number of benzene rings is 1. The molecule has 1 fully saturated rings. The third kappa shape index (κ3) is 4.75. The minimum absolute atomic E-state index is 0.122. The van der Waals surface area contributed by atoms with Crippen LogP contribution in [0.1, 0.15) is 41.4 Å². The molecule has 8 heteroatoms. The number of carbonyl (C=O) groups excluding carboxylic acids is 1. The molecule has 1 aliphatic rings. The lowest BCUT2D eigenvalue weighted by molar-refractivity contribution is 0.0940. The highest BCUT2D eigenvalue weighted by molar-refractivity contribution is 7.89. The standard InChI is InChI=1S/C19H23FN2O3S2/c1-14(12-16-6-5-11-26-16)21-19(23)15-7-8-17(20)18(13-15)27(24,25)22-9-3-2-4-10-22/h5-8,11,13-14H,2-4,9-10,12H2,1H3,(H,21,23). The van der Waals surface area contributed by atoms with Gasteiger partial charge in [-0.3, -0.25) is 4.79 Å². The Morgan fingerprint density at radius 1 is 1.26 bits per heavy atom. The van der Waals surface area contributed by atoms with Gasteiger partial charge in [0.2, 0.25) is 10.0 Å². The van der Waals surface area contributed by atoms with E-state index in [0.717, 1.165) is 36.3 Å². The topological polar surface area (TPSA) is 66.5 Å². The number of carbonyl (C=O) groups is 1. The maximum atomic E-state index is 14.3. The third-order valence-corrected chi connectivity index (χ3v) is 7.40. The molecule has 2 aromatic rings. The molecule has 1 amide bonds. The van der Waals surface area contributed by atoms with E-state index in [4.69, 9.17) is 0 Å². The Balaban J connectivity index is 1.76. The van der Waals surface area contributed by atoms with Gasteiger partial charge in [0.15, 0.2) is 0 Å². The van der Waals surface area contributed by atoms with Gasteiger partial charge in [-0.2, -0.15) is 4.31 Å². The minimum atomic E-state index is -3.94. The summed E-state index contributed by atoms with van der Waals surface area (Å²) in [5.41, 5.74) is 0.144. The fourth-order valence-electron chi connectivity index (χ4n) is 3.18. The Kier molecular flexibility index (Phi) is 6.29. The van der Waals surface area contributed by atoms with E-state index in [1.807, 2.05) is 24.4 Å². The zero-order valence-electron chi connectivity index (χ0n) is 15.2. The van der Waals surface area contributed by atoms with Crippen LogP contribution in [0.5, 0.6) is 0 Å². The van der Waals surface area contributed by atoms with E-state index < -0.39 is 26.6 Å². The van der Waals surface area contributed by atoms with Gasteiger partial charge in [-0.15, -0.1) is 11.3 Å². The normalized spacial score (nSPS) is 16.8. The molecule has 0 bridgehead atoms. The molecule has 0 aliphatic carbocycles. The van der Waals surface area contributed by atoms with E-state index in [9.17, 15) is 17.6 Å². The number of hydrogen-bond acceptors (Lipinski definition) is 4. The molecule has 3 rings (SSSR count). The average molecular weight is 411 g/mol. The van der Waals surface area contributed by atoms with Gasteiger partial charge in [0, 0.05) is 36.0 Å². The van der Waals surface area contributed by atoms with Crippen LogP contribution in [0.25, 0.3) is 0 Å². The van der Waals surface area contributed by atoms with Gasteiger partial charge in [-0.25, -0.2) is 12.8 Å². The van der Waals surface area contributed by atoms with Crippen LogP contribution in [-0.2, 0) is 16.4 Å². The first kappa shape index (κ1) is 20.0. The number of piperidine rings is 1. The smallest absolute Gasteiger partial charge is 0.251 e. The average Bonchev–Trinajstić information content (AvgIpc) is 3.15. The lowest BCUT2D eigenvalue weighted by atomic mass is 10.1. The molecule has 0 radical (unpaired) electrons. The van der Waals surface area contributed by atoms with Crippen molar-refractivity contribution in [3.63, 3.8) is 0 Å². The predicted molar refractivity (Wildman–Crippen MR) is 104 cm³/mol. The number of sulfonamides is 1.